The van der Waals surface area contributed by atoms with Gasteiger partial charge in [-0.1, -0.05) is 30.3 Å². The highest BCUT2D eigenvalue weighted by Gasteiger charge is 2.44. The summed E-state index contributed by atoms with van der Waals surface area (Å²) in [4.78, 5) is 20.0. The summed E-state index contributed by atoms with van der Waals surface area (Å²) in [6.07, 6.45) is 6.55. The first-order chi connectivity index (χ1) is 14.6. The van der Waals surface area contributed by atoms with Crippen LogP contribution in [0, 0.1) is 18.8 Å². The third kappa shape index (κ3) is 3.31. The number of carbonyl (C=O) groups is 1. The van der Waals surface area contributed by atoms with Gasteiger partial charge in [-0.05, 0) is 54.9 Å². The van der Waals surface area contributed by atoms with Crippen LogP contribution in [0.2, 0.25) is 0 Å². The first-order valence-electron chi connectivity index (χ1n) is 10.6. The van der Waals surface area contributed by atoms with Gasteiger partial charge in [0.15, 0.2) is 0 Å². The average Bonchev–Trinajstić information content (AvgIpc) is 3.43. The number of rotatable bonds is 3. The van der Waals surface area contributed by atoms with Crippen LogP contribution in [0.1, 0.15) is 34.9 Å². The second kappa shape index (κ2) is 7.69. The Morgan fingerprint density at radius 3 is 2.53 bits per heavy atom. The Labute approximate surface area is 176 Å². The molecule has 1 amide bonds. The van der Waals surface area contributed by atoms with E-state index in [4.69, 9.17) is 0 Å². The number of aliphatic hydroxyl groups excluding tert-OH is 1. The maximum absolute atomic E-state index is 13.6. The molecular weight excluding hydrogens is 376 g/mol. The van der Waals surface area contributed by atoms with E-state index in [2.05, 4.69) is 10.1 Å². The molecule has 1 aliphatic carbocycles. The number of amides is 1. The van der Waals surface area contributed by atoms with Gasteiger partial charge in [0.25, 0.3) is 5.91 Å². The summed E-state index contributed by atoms with van der Waals surface area (Å²) in [6.45, 7) is 3.31. The molecule has 6 heteroatoms. The van der Waals surface area contributed by atoms with Gasteiger partial charge in [-0.2, -0.15) is 5.10 Å². The Kier molecular flexibility index (Phi) is 4.87. The first-order valence-corrected chi connectivity index (χ1v) is 10.6. The molecular formula is C24H26N4O2. The fraction of sp³-hybridized carbons (Fsp3) is 0.375. The SMILES string of the molecule is Cc1nccc(-c2ccccc2)c1C(=O)N1C[C@H]2C[C@@H](n3cccn3)[C@H](O)C[C@H]2C1. The molecule has 0 bridgehead atoms. The lowest BCUT2D eigenvalue weighted by molar-refractivity contribution is 0.0306. The van der Waals surface area contributed by atoms with Crippen molar-refractivity contribution in [3.05, 3.63) is 72.3 Å². The van der Waals surface area contributed by atoms with E-state index in [1.807, 2.05) is 65.2 Å². The third-order valence-electron chi connectivity index (χ3n) is 6.70. The second-order valence-corrected chi connectivity index (χ2v) is 8.51. The average molecular weight is 402 g/mol. The van der Waals surface area contributed by atoms with Crippen LogP contribution in [0.4, 0.5) is 0 Å². The molecule has 30 heavy (non-hydrogen) atoms. The Balaban J connectivity index is 1.40. The van der Waals surface area contributed by atoms with Crippen molar-refractivity contribution in [2.24, 2.45) is 11.8 Å². The Morgan fingerprint density at radius 2 is 1.80 bits per heavy atom. The summed E-state index contributed by atoms with van der Waals surface area (Å²) in [5.74, 6) is 0.746. The van der Waals surface area contributed by atoms with Gasteiger partial charge in [0.2, 0.25) is 0 Å². The van der Waals surface area contributed by atoms with Crippen molar-refractivity contribution >= 4 is 5.91 Å². The van der Waals surface area contributed by atoms with Crippen molar-refractivity contribution in [1.82, 2.24) is 19.7 Å². The van der Waals surface area contributed by atoms with Crippen molar-refractivity contribution in [2.75, 3.05) is 13.1 Å². The highest BCUT2D eigenvalue weighted by atomic mass is 16.3. The van der Waals surface area contributed by atoms with Gasteiger partial charge in [0.05, 0.1) is 23.4 Å². The van der Waals surface area contributed by atoms with Gasteiger partial charge in [-0.25, -0.2) is 0 Å². The predicted octanol–water partition coefficient (Wildman–Crippen LogP) is 3.34. The smallest absolute Gasteiger partial charge is 0.256 e. The summed E-state index contributed by atoms with van der Waals surface area (Å²) >= 11 is 0. The van der Waals surface area contributed by atoms with Crippen LogP contribution in [0.25, 0.3) is 11.1 Å². The first kappa shape index (κ1) is 19.0. The van der Waals surface area contributed by atoms with Crippen molar-refractivity contribution < 1.29 is 9.90 Å². The lowest BCUT2D eigenvalue weighted by atomic mass is 9.77. The van der Waals surface area contributed by atoms with E-state index in [9.17, 15) is 9.90 Å². The number of pyridine rings is 1. The topological polar surface area (TPSA) is 71.2 Å². The third-order valence-corrected chi connectivity index (χ3v) is 6.70. The summed E-state index contributed by atoms with van der Waals surface area (Å²) in [7, 11) is 0. The molecule has 6 nitrogen and oxygen atoms in total. The minimum atomic E-state index is -0.429. The zero-order valence-corrected chi connectivity index (χ0v) is 17.1. The summed E-state index contributed by atoms with van der Waals surface area (Å²) in [6, 6.07) is 13.8. The van der Waals surface area contributed by atoms with E-state index >= 15 is 0 Å². The largest absolute Gasteiger partial charge is 0.391 e. The quantitative estimate of drug-likeness (QED) is 0.729. The predicted molar refractivity (Wildman–Crippen MR) is 114 cm³/mol. The molecule has 5 rings (SSSR count). The molecule has 0 radical (unpaired) electrons. The van der Waals surface area contributed by atoms with Crippen LogP contribution in [0.3, 0.4) is 0 Å². The number of hydrogen-bond donors (Lipinski definition) is 1. The molecule has 4 atom stereocenters. The molecule has 0 unspecified atom stereocenters. The van der Waals surface area contributed by atoms with E-state index in [0.29, 0.717) is 30.4 Å². The Hall–Kier alpha value is -2.99. The molecule has 3 aromatic rings. The number of likely N-dealkylation sites (tertiary alicyclic amines) is 1. The molecule has 1 aromatic carbocycles. The van der Waals surface area contributed by atoms with Crippen LogP contribution in [0.5, 0.6) is 0 Å². The minimum absolute atomic E-state index is 0.0173. The molecule has 2 aromatic heterocycles. The minimum Gasteiger partial charge on any atom is -0.391 e. The Morgan fingerprint density at radius 1 is 1.03 bits per heavy atom. The van der Waals surface area contributed by atoms with Crippen LogP contribution in [-0.2, 0) is 0 Å². The van der Waals surface area contributed by atoms with Gasteiger partial charge < -0.3 is 10.0 Å². The molecule has 1 aliphatic heterocycles. The number of carbonyl (C=O) groups excluding carboxylic acids is 1. The highest BCUT2D eigenvalue weighted by molar-refractivity contribution is 6.02. The molecule has 2 aliphatic rings. The van der Waals surface area contributed by atoms with Crippen molar-refractivity contribution in [2.45, 2.75) is 31.9 Å². The number of nitrogens with zero attached hydrogens (tertiary/aromatic N) is 4. The molecule has 154 valence electrons. The van der Waals surface area contributed by atoms with Gasteiger partial charge in [0, 0.05) is 31.7 Å². The van der Waals surface area contributed by atoms with Crippen LogP contribution in [-0.4, -0.2) is 49.9 Å². The fourth-order valence-electron chi connectivity index (χ4n) is 5.19. The number of benzene rings is 1. The van der Waals surface area contributed by atoms with Crippen molar-refractivity contribution in [1.29, 1.82) is 0 Å². The maximum Gasteiger partial charge on any atom is 0.256 e. The number of hydrogen-bond acceptors (Lipinski definition) is 4. The number of fused-ring (bicyclic) bond motifs is 1. The van der Waals surface area contributed by atoms with Crippen LogP contribution >= 0.6 is 0 Å². The normalized spacial score (nSPS) is 25.9. The van der Waals surface area contributed by atoms with Crippen LogP contribution in [0.15, 0.2) is 61.1 Å². The van der Waals surface area contributed by atoms with Gasteiger partial charge in [-0.3, -0.25) is 14.5 Å². The number of aromatic nitrogens is 3. The molecule has 1 N–H and O–H groups in total. The summed E-state index contributed by atoms with van der Waals surface area (Å²) in [5, 5.41) is 15.0. The molecule has 1 saturated carbocycles. The van der Waals surface area contributed by atoms with E-state index in [-0.39, 0.29) is 11.9 Å². The number of aliphatic hydroxyl groups is 1. The lowest BCUT2D eigenvalue weighted by Crippen LogP contribution is -2.36. The van der Waals surface area contributed by atoms with Gasteiger partial charge >= 0.3 is 0 Å². The lowest BCUT2D eigenvalue weighted by Gasteiger charge is -2.35. The van der Waals surface area contributed by atoms with Gasteiger partial charge in [0.1, 0.15) is 0 Å². The molecule has 3 heterocycles. The van der Waals surface area contributed by atoms with Gasteiger partial charge in [-0.15, -0.1) is 0 Å². The van der Waals surface area contributed by atoms with Crippen LogP contribution < -0.4 is 0 Å². The van der Waals surface area contributed by atoms with Crippen molar-refractivity contribution in [3.8, 4) is 11.1 Å². The van der Waals surface area contributed by atoms with E-state index in [1.54, 1.807) is 12.4 Å². The monoisotopic (exact) mass is 402 g/mol. The van der Waals surface area contributed by atoms with E-state index < -0.39 is 6.10 Å². The second-order valence-electron chi connectivity index (χ2n) is 8.51. The maximum atomic E-state index is 13.6. The molecule has 1 saturated heterocycles. The molecule has 0 spiro atoms. The fourth-order valence-corrected chi connectivity index (χ4v) is 5.19. The van der Waals surface area contributed by atoms with Crippen molar-refractivity contribution in [3.63, 3.8) is 0 Å². The molecule has 2 fully saturated rings. The Bertz CT molecular complexity index is 1030. The standard InChI is InChI=1S/C24H26N4O2/c1-16-23(20(8-10-25-16)17-6-3-2-4-7-17)24(30)27-14-18-12-21(28-11-5-9-26-28)22(29)13-19(18)15-27/h2-11,18-19,21-22,29H,12-15H2,1H3/t18-,19+,21-,22-/m1/s1. The highest BCUT2D eigenvalue weighted by Crippen LogP contribution is 2.42. The van der Waals surface area contributed by atoms with E-state index in [1.165, 1.54) is 0 Å². The summed E-state index contributed by atoms with van der Waals surface area (Å²) in [5.41, 5.74) is 3.40. The summed E-state index contributed by atoms with van der Waals surface area (Å²) < 4.78 is 1.87. The zero-order chi connectivity index (χ0) is 20.7. The zero-order valence-electron chi connectivity index (χ0n) is 17.1. The number of aryl methyl sites for hydroxylation is 1. The van der Waals surface area contributed by atoms with E-state index in [0.717, 1.165) is 29.8 Å².